The summed E-state index contributed by atoms with van der Waals surface area (Å²) in [5, 5.41) is 3.03. The van der Waals surface area contributed by atoms with Crippen molar-refractivity contribution < 1.29 is 4.79 Å². The van der Waals surface area contributed by atoms with Crippen molar-refractivity contribution in [3.63, 3.8) is 0 Å². The fraction of sp³-hybridized carbons (Fsp3) is 0.0714. The topological polar surface area (TPSA) is 29.1 Å². The number of benzene rings is 2. The van der Waals surface area contributed by atoms with Gasteiger partial charge >= 0.3 is 0 Å². The van der Waals surface area contributed by atoms with Gasteiger partial charge in [-0.3, -0.25) is 4.79 Å². The molecule has 80 valence electrons. The number of carbonyl (C=O) groups is 1. The minimum absolute atomic E-state index is 0.0468. The lowest BCUT2D eigenvalue weighted by Gasteiger charge is -2.07. The van der Waals surface area contributed by atoms with E-state index in [0.717, 1.165) is 5.69 Å². The highest BCUT2D eigenvalue weighted by atomic mass is 16.1. The lowest BCUT2D eigenvalue weighted by molar-refractivity contribution is 0.103. The molecule has 0 aliphatic carbocycles. The van der Waals surface area contributed by atoms with Gasteiger partial charge in [-0.2, -0.15) is 0 Å². The summed E-state index contributed by atoms with van der Waals surface area (Å²) in [5.74, 6) is 0.0468. The van der Waals surface area contributed by atoms with Crippen molar-refractivity contribution >= 4 is 11.5 Å². The van der Waals surface area contributed by atoms with Crippen molar-refractivity contribution in [2.24, 2.45) is 0 Å². The van der Waals surface area contributed by atoms with Crippen molar-refractivity contribution in [1.29, 1.82) is 0 Å². The average Bonchev–Trinajstić information content (AvgIpc) is 2.39. The van der Waals surface area contributed by atoms with Gasteiger partial charge in [0, 0.05) is 23.9 Å². The van der Waals surface area contributed by atoms with Gasteiger partial charge < -0.3 is 5.32 Å². The summed E-state index contributed by atoms with van der Waals surface area (Å²) in [6.07, 6.45) is 0. The summed E-state index contributed by atoms with van der Waals surface area (Å²) in [5.41, 5.74) is 2.28. The van der Waals surface area contributed by atoms with Gasteiger partial charge in [-0.05, 0) is 12.1 Å². The van der Waals surface area contributed by atoms with E-state index in [0.29, 0.717) is 11.1 Å². The Balaban J connectivity index is 2.42. The van der Waals surface area contributed by atoms with Crippen LogP contribution in [0.1, 0.15) is 15.9 Å². The third-order valence-corrected chi connectivity index (χ3v) is 2.48. The van der Waals surface area contributed by atoms with Crippen molar-refractivity contribution in [3.8, 4) is 0 Å². The normalized spacial score (nSPS) is 9.81. The number of hydrogen-bond donors (Lipinski definition) is 1. The van der Waals surface area contributed by atoms with Gasteiger partial charge in [0.1, 0.15) is 0 Å². The Morgan fingerprint density at radius 1 is 0.938 bits per heavy atom. The Morgan fingerprint density at radius 3 is 2.25 bits per heavy atom. The van der Waals surface area contributed by atoms with E-state index in [2.05, 4.69) is 5.32 Å². The van der Waals surface area contributed by atoms with Crippen LogP contribution in [0.15, 0.2) is 54.6 Å². The number of ketones is 1. The molecule has 1 N–H and O–H groups in total. The third-order valence-electron chi connectivity index (χ3n) is 2.48. The molecule has 0 unspecified atom stereocenters. The number of nitrogens with one attached hydrogen (secondary N) is 1. The summed E-state index contributed by atoms with van der Waals surface area (Å²) >= 11 is 0. The zero-order valence-electron chi connectivity index (χ0n) is 9.10. The summed E-state index contributed by atoms with van der Waals surface area (Å²) in [4.78, 5) is 12.2. The van der Waals surface area contributed by atoms with Gasteiger partial charge in [0.05, 0.1) is 0 Å². The van der Waals surface area contributed by atoms with E-state index in [4.69, 9.17) is 0 Å². The maximum absolute atomic E-state index is 12.2. The van der Waals surface area contributed by atoms with E-state index >= 15 is 0 Å². The molecule has 16 heavy (non-hydrogen) atoms. The van der Waals surface area contributed by atoms with Gasteiger partial charge in [-0.1, -0.05) is 42.5 Å². The number of carbonyl (C=O) groups excluding carboxylic acids is 1. The maximum Gasteiger partial charge on any atom is 0.195 e. The van der Waals surface area contributed by atoms with Crippen molar-refractivity contribution in [1.82, 2.24) is 0 Å². The van der Waals surface area contributed by atoms with Gasteiger partial charge in [0.25, 0.3) is 0 Å². The lowest BCUT2D eigenvalue weighted by atomic mass is 10.0. The molecular formula is C14H13NO. The standard InChI is InChI=1S/C14H13NO/c1-15-13-10-6-5-9-12(13)14(16)11-7-3-2-4-8-11/h2-10,15H,1H3. The minimum Gasteiger partial charge on any atom is -0.388 e. The smallest absolute Gasteiger partial charge is 0.195 e. The molecule has 2 aromatic rings. The molecule has 2 aromatic carbocycles. The van der Waals surface area contributed by atoms with Crippen molar-refractivity contribution in [2.45, 2.75) is 0 Å². The molecule has 0 saturated heterocycles. The quantitative estimate of drug-likeness (QED) is 0.791. The second kappa shape index (κ2) is 4.62. The van der Waals surface area contributed by atoms with E-state index in [9.17, 15) is 4.79 Å². The molecule has 0 aromatic heterocycles. The first-order valence-electron chi connectivity index (χ1n) is 5.19. The van der Waals surface area contributed by atoms with E-state index < -0.39 is 0 Å². The first kappa shape index (κ1) is 10.4. The minimum atomic E-state index is 0.0468. The largest absolute Gasteiger partial charge is 0.388 e. The molecular weight excluding hydrogens is 198 g/mol. The molecule has 0 heterocycles. The second-order valence-electron chi connectivity index (χ2n) is 3.49. The van der Waals surface area contributed by atoms with Crippen LogP contribution in [0.25, 0.3) is 0 Å². The molecule has 0 fully saturated rings. The lowest BCUT2D eigenvalue weighted by Crippen LogP contribution is -2.04. The van der Waals surface area contributed by atoms with Crippen molar-refractivity contribution in [2.75, 3.05) is 12.4 Å². The molecule has 2 heteroatoms. The van der Waals surface area contributed by atoms with Crippen molar-refractivity contribution in [3.05, 3.63) is 65.7 Å². The summed E-state index contributed by atoms with van der Waals surface area (Å²) < 4.78 is 0. The van der Waals surface area contributed by atoms with E-state index in [1.54, 1.807) is 0 Å². The Hall–Kier alpha value is -2.09. The number of hydrogen-bond acceptors (Lipinski definition) is 2. The van der Waals surface area contributed by atoms with Crippen LogP contribution in [0.2, 0.25) is 0 Å². The highest BCUT2D eigenvalue weighted by Crippen LogP contribution is 2.18. The monoisotopic (exact) mass is 211 g/mol. The summed E-state index contributed by atoms with van der Waals surface area (Å²) in [7, 11) is 1.82. The highest BCUT2D eigenvalue weighted by Gasteiger charge is 2.11. The highest BCUT2D eigenvalue weighted by molar-refractivity contribution is 6.12. The number of anilines is 1. The zero-order valence-corrected chi connectivity index (χ0v) is 9.10. The van der Waals surface area contributed by atoms with Crippen LogP contribution >= 0.6 is 0 Å². The van der Waals surface area contributed by atoms with Crippen LogP contribution in [0, 0.1) is 0 Å². The molecule has 2 rings (SSSR count). The van der Waals surface area contributed by atoms with Crippen LogP contribution in [-0.2, 0) is 0 Å². The molecule has 2 nitrogen and oxygen atoms in total. The molecule has 0 saturated carbocycles. The Kier molecular flexibility index (Phi) is 3.01. The number of rotatable bonds is 3. The van der Waals surface area contributed by atoms with Crippen LogP contribution < -0.4 is 5.32 Å². The van der Waals surface area contributed by atoms with Gasteiger partial charge in [-0.15, -0.1) is 0 Å². The fourth-order valence-electron chi connectivity index (χ4n) is 1.64. The van der Waals surface area contributed by atoms with E-state index in [-0.39, 0.29) is 5.78 Å². The van der Waals surface area contributed by atoms with Crippen LogP contribution in [0.3, 0.4) is 0 Å². The first-order chi connectivity index (χ1) is 7.83. The Bertz CT molecular complexity index is 491. The van der Waals surface area contributed by atoms with E-state index in [1.807, 2.05) is 61.6 Å². The predicted molar refractivity (Wildman–Crippen MR) is 65.9 cm³/mol. The molecule has 0 aliphatic heterocycles. The Labute approximate surface area is 94.9 Å². The van der Waals surface area contributed by atoms with E-state index in [1.165, 1.54) is 0 Å². The molecule has 0 spiro atoms. The van der Waals surface area contributed by atoms with Gasteiger partial charge in [-0.25, -0.2) is 0 Å². The molecule has 0 bridgehead atoms. The molecule has 0 atom stereocenters. The number of para-hydroxylation sites is 1. The Morgan fingerprint density at radius 2 is 1.56 bits per heavy atom. The maximum atomic E-state index is 12.2. The zero-order chi connectivity index (χ0) is 11.4. The molecule has 0 radical (unpaired) electrons. The fourth-order valence-corrected chi connectivity index (χ4v) is 1.64. The van der Waals surface area contributed by atoms with Crippen LogP contribution in [0.5, 0.6) is 0 Å². The molecule has 0 aliphatic rings. The van der Waals surface area contributed by atoms with Crippen LogP contribution in [0.4, 0.5) is 5.69 Å². The van der Waals surface area contributed by atoms with Gasteiger partial charge in [0.2, 0.25) is 0 Å². The predicted octanol–water partition coefficient (Wildman–Crippen LogP) is 2.96. The van der Waals surface area contributed by atoms with Gasteiger partial charge in [0.15, 0.2) is 5.78 Å². The first-order valence-corrected chi connectivity index (χ1v) is 5.19. The summed E-state index contributed by atoms with van der Waals surface area (Å²) in [6, 6.07) is 16.8. The average molecular weight is 211 g/mol. The second-order valence-corrected chi connectivity index (χ2v) is 3.49. The van der Waals surface area contributed by atoms with Crippen LogP contribution in [-0.4, -0.2) is 12.8 Å². The SMILES string of the molecule is CNc1ccccc1C(=O)c1ccccc1. The third kappa shape index (κ3) is 1.96. The summed E-state index contributed by atoms with van der Waals surface area (Å²) in [6.45, 7) is 0. The molecule has 0 amide bonds.